The van der Waals surface area contributed by atoms with Gasteiger partial charge in [0.15, 0.2) is 0 Å². The van der Waals surface area contributed by atoms with E-state index in [-0.39, 0.29) is 23.7 Å². The van der Waals surface area contributed by atoms with E-state index in [1.54, 1.807) is 18.2 Å². The van der Waals surface area contributed by atoms with Crippen LogP contribution in [0.15, 0.2) is 66.9 Å². The highest BCUT2D eigenvalue weighted by molar-refractivity contribution is 5.99. The maximum absolute atomic E-state index is 14.8. The number of fused-ring (bicyclic) bond motifs is 1. The van der Waals surface area contributed by atoms with Gasteiger partial charge in [0, 0.05) is 29.9 Å². The monoisotopic (exact) mass is 573 g/mol. The van der Waals surface area contributed by atoms with Gasteiger partial charge in [-0.15, -0.1) is 0 Å². The summed E-state index contributed by atoms with van der Waals surface area (Å²) in [5.74, 6) is -0.367. The van der Waals surface area contributed by atoms with E-state index in [0.717, 1.165) is 32.0 Å². The Bertz CT molecular complexity index is 1600. The van der Waals surface area contributed by atoms with E-state index in [9.17, 15) is 18.7 Å². The summed E-state index contributed by atoms with van der Waals surface area (Å²) < 4.78 is 39.6. The molecular weight excluding hydrogens is 544 g/mol. The largest absolute Gasteiger partial charge is 0.502 e. The van der Waals surface area contributed by atoms with Crippen LogP contribution in [0.3, 0.4) is 0 Å². The third kappa shape index (κ3) is 7.28. The van der Waals surface area contributed by atoms with Crippen molar-refractivity contribution in [1.82, 2.24) is 9.88 Å². The Labute approximate surface area is 241 Å². The minimum Gasteiger partial charge on any atom is -0.502 e. The molecule has 5 rings (SSSR count). The second-order valence-corrected chi connectivity index (χ2v) is 9.91. The zero-order valence-electron chi connectivity index (χ0n) is 22.6. The minimum atomic E-state index is -0.735. The number of halogens is 2. The number of pyridine rings is 1. The van der Waals surface area contributed by atoms with Crippen LogP contribution in [0.25, 0.3) is 15.7 Å². The number of amides is 2. The Morgan fingerprint density at radius 1 is 1.02 bits per heavy atom. The standard InChI is InChI=1S/C31H29F2N5O4/c1-34-28-16-24-27(17-30(28)41-19-22(39)18-38-13-3-2-4-14-38)35-12-11-29(24)42-23-9-10-26(25(33)15-23)37-31(40)36-21-7-5-20(32)6-8-21/h5-12,15-17,22,39H,2-4,13-14,18-19H2,(H2,36,37,40)/t22-/m1/s1. The number of rotatable bonds is 9. The highest BCUT2D eigenvalue weighted by Crippen LogP contribution is 2.38. The summed E-state index contributed by atoms with van der Waals surface area (Å²) in [7, 11) is 0. The lowest BCUT2D eigenvalue weighted by Gasteiger charge is -2.28. The molecule has 3 aromatic carbocycles. The lowest BCUT2D eigenvalue weighted by molar-refractivity contribution is 0.0620. The van der Waals surface area contributed by atoms with Crippen LogP contribution in [-0.2, 0) is 0 Å². The number of likely N-dealkylation sites (tertiary alicyclic amines) is 1. The van der Waals surface area contributed by atoms with Crippen LogP contribution in [0, 0.1) is 18.2 Å². The van der Waals surface area contributed by atoms with Crippen LogP contribution in [-0.4, -0.2) is 53.4 Å². The molecule has 1 aliphatic rings. The molecule has 1 saturated heterocycles. The van der Waals surface area contributed by atoms with Gasteiger partial charge in [0.2, 0.25) is 5.69 Å². The number of carbonyl (C=O) groups is 1. The van der Waals surface area contributed by atoms with Crippen molar-refractivity contribution in [3.05, 3.63) is 89.9 Å². The van der Waals surface area contributed by atoms with E-state index < -0.39 is 23.8 Å². The van der Waals surface area contributed by atoms with Crippen LogP contribution in [0.4, 0.5) is 30.6 Å². The number of benzene rings is 3. The van der Waals surface area contributed by atoms with Crippen molar-refractivity contribution in [2.75, 3.05) is 36.9 Å². The van der Waals surface area contributed by atoms with Crippen molar-refractivity contribution in [2.24, 2.45) is 0 Å². The van der Waals surface area contributed by atoms with Gasteiger partial charge in [-0.3, -0.25) is 4.98 Å². The van der Waals surface area contributed by atoms with Crippen LogP contribution in [0.2, 0.25) is 0 Å². The lowest BCUT2D eigenvalue weighted by atomic mass is 10.1. The molecule has 0 bridgehead atoms. The summed E-state index contributed by atoms with van der Waals surface area (Å²) in [5, 5.41) is 15.9. The van der Waals surface area contributed by atoms with Crippen molar-refractivity contribution in [1.29, 1.82) is 0 Å². The predicted molar refractivity (Wildman–Crippen MR) is 155 cm³/mol. The van der Waals surface area contributed by atoms with Gasteiger partial charge in [0.05, 0.1) is 17.8 Å². The number of hydrogen-bond acceptors (Lipinski definition) is 6. The van der Waals surface area contributed by atoms with E-state index >= 15 is 0 Å². The van der Waals surface area contributed by atoms with Gasteiger partial charge in [0.1, 0.15) is 41.6 Å². The Morgan fingerprint density at radius 3 is 2.55 bits per heavy atom. The second kappa shape index (κ2) is 13.2. The van der Waals surface area contributed by atoms with E-state index in [0.29, 0.717) is 34.6 Å². The number of carbonyl (C=O) groups excluding carboxylic acids is 1. The smallest absolute Gasteiger partial charge is 0.323 e. The maximum Gasteiger partial charge on any atom is 0.323 e. The highest BCUT2D eigenvalue weighted by atomic mass is 19.1. The summed E-state index contributed by atoms with van der Waals surface area (Å²) >= 11 is 0. The number of ether oxygens (including phenoxy) is 2. The first-order valence-electron chi connectivity index (χ1n) is 13.5. The van der Waals surface area contributed by atoms with E-state index in [1.807, 2.05) is 0 Å². The first kappa shape index (κ1) is 28.7. The summed E-state index contributed by atoms with van der Waals surface area (Å²) in [6.45, 7) is 10.1. The average molecular weight is 574 g/mol. The maximum atomic E-state index is 14.8. The first-order chi connectivity index (χ1) is 20.4. The topological polar surface area (TPSA) is 100 Å². The number of aromatic nitrogens is 1. The molecular formula is C31H29F2N5O4. The Hall–Kier alpha value is -4.79. The van der Waals surface area contributed by atoms with Crippen LogP contribution in [0.5, 0.6) is 17.2 Å². The van der Waals surface area contributed by atoms with Crippen molar-refractivity contribution < 1.29 is 28.2 Å². The summed E-state index contributed by atoms with van der Waals surface area (Å²) in [6, 6.07) is 13.2. The molecule has 3 N–H and O–H groups in total. The SMILES string of the molecule is [C-]#[N+]c1cc2c(Oc3ccc(NC(=O)Nc4ccc(F)cc4)c(F)c3)ccnc2cc1OC[C@H](O)CN1CCCCC1. The lowest BCUT2D eigenvalue weighted by Crippen LogP contribution is -2.38. The molecule has 0 unspecified atom stereocenters. The molecule has 9 nitrogen and oxygen atoms in total. The van der Waals surface area contributed by atoms with Gasteiger partial charge >= 0.3 is 6.03 Å². The molecule has 4 aromatic rings. The zero-order chi connectivity index (χ0) is 29.5. The van der Waals surface area contributed by atoms with E-state index in [2.05, 4.69) is 25.4 Å². The minimum absolute atomic E-state index is 0.0439. The van der Waals surface area contributed by atoms with E-state index in [4.69, 9.17) is 16.0 Å². The number of hydrogen-bond donors (Lipinski definition) is 3. The fraction of sp³-hybridized carbons (Fsp3) is 0.258. The van der Waals surface area contributed by atoms with Crippen LogP contribution in [0.1, 0.15) is 19.3 Å². The molecule has 0 saturated carbocycles. The number of aliphatic hydroxyl groups is 1. The molecule has 11 heteroatoms. The molecule has 0 radical (unpaired) electrons. The van der Waals surface area contributed by atoms with Crippen molar-refractivity contribution in [3.63, 3.8) is 0 Å². The molecule has 1 aromatic heterocycles. The van der Waals surface area contributed by atoms with Gasteiger partial charge in [-0.2, -0.15) is 0 Å². The number of β-amino-alcohol motifs (C(OH)–C–C–N with tert-alkyl or cyclic N) is 1. The first-order valence-corrected chi connectivity index (χ1v) is 13.5. The third-order valence-corrected chi connectivity index (χ3v) is 6.77. The van der Waals surface area contributed by atoms with Crippen molar-refractivity contribution in [2.45, 2.75) is 25.4 Å². The zero-order valence-corrected chi connectivity index (χ0v) is 22.6. The molecule has 0 spiro atoms. The molecule has 1 aliphatic heterocycles. The number of aliphatic hydroxyl groups excluding tert-OH is 1. The normalized spacial score (nSPS) is 14.1. The van der Waals surface area contributed by atoms with Gasteiger partial charge < -0.3 is 30.1 Å². The predicted octanol–water partition coefficient (Wildman–Crippen LogP) is 6.73. The Balaban J connectivity index is 1.26. The molecule has 42 heavy (non-hydrogen) atoms. The fourth-order valence-electron chi connectivity index (χ4n) is 4.71. The van der Waals surface area contributed by atoms with Crippen molar-refractivity contribution in [3.8, 4) is 17.2 Å². The van der Waals surface area contributed by atoms with Gasteiger partial charge in [-0.05, 0) is 80.5 Å². The van der Waals surface area contributed by atoms with Gasteiger partial charge in [-0.1, -0.05) is 6.42 Å². The molecule has 0 aliphatic carbocycles. The summed E-state index contributed by atoms with van der Waals surface area (Å²) in [6.07, 6.45) is 4.29. The van der Waals surface area contributed by atoms with Gasteiger partial charge in [0.25, 0.3) is 0 Å². The second-order valence-electron chi connectivity index (χ2n) is 9.91. The third-order valence-electron chi connectivity index (χ3n) is 6.77. The van der Waals surface area contributed by atoms with Gasteiger partial charge in [-0.25, -0.2) is 18.4 Å². The van der Waals surface area contributed by atoms with Crippen LogP contribution >= 0.6 is 0 Å². The molecule has 2 heterocycles. The quantitative estimate of drug-likeness (QED) is 0.192. The van der Waals surface area contributed by atoms with E-state index in [1.165, 1.54) is 49.0 Å². The fourth-order valence-corrected chi connectivity index (χ4v) is 4.71. The number of anilines is 2. The molecule has 1 atom stereocenters. The average Bonchev–Trinajstić information content (AvgIpc) is 2.99. The Morgan fingerprint density at radius 2 is 1.81 bits per heavy atom. The number of piperidine rings is 1. The van der Waals surface area contributed by atoms with Crippen LogP contribution < -0.4 is 20.1 Å². The number of urea groups is 1. The molecule has 1 fully saturated rings. The summed E-state index contributed by atoms with van der Waals surface area (Å²) in [5.41, 5.74) is 0.987. The Kier molecular flexibility index (Phi) is 9.06. The molecule has 216 valence electrons. The molecule has 2 amide bonds. The number of nitrogens with zero attached hydrogens (tertiary/aromatic N) is 3. The highest BCUT2D eigenvalue weighted by Gasteiger charge is 2.17. The van der Waals surface area contributed by atoms with Crippen molar-refractivity contribution >= 4 is 34.0 Å². The summed E-state index contributed by atoms with van der Waals surface area (Å²) in [4.78, 5) is 22.4. The number of nitrogens with one attached hydrogen (secondary N) is 2.